The Labute approximate surface area is 170 Å². The minimum Gasteiger partial charge on any atom is -0.507 e. The monoisotopic (exact) mass is 377 g/mol. The van der Waals surface area contributed by atoms with Gasteiger partial charge in [-0.3, -0.25) is 4.99 Å². The van der Waals surface area contributed by atoms with E-state index in [4.69, 9.17) is 0 Å². The molecule has 2 nitrogen and oxygen atoms in total. The minimum absolute atomic E-state index is 0.441. The molecule has 0 spiro atoms. The second-order valence-electron chi connectivity index (χ2n) is 8.28. The number of nitrogens with zero attached hydrogens (tertiary/aromatic N) is 1. The first-order valence-corrected chi connectivity index (χ1v) is 11.2. The van der Waals surface area contributed by atoms with Gasteiger partial charge in [0.15, 0.2) is 0 Å². The lowest BCUT2D eigenvalue weighted by atomic mass is 9.85. The Kier molecular flexibility index (Phi) is 8.14. The third kappa shape index (κ3) is 5.95. The van der Waals surface area contributed by atoms with Crippen LogP contribution in [0.25, 0.3) is 0 Å². The first-order valence-electron chi connectivity index (χ1n) is 11.2. The SMILES string of the molecule is Cc1ccc(C2CCCCCCCCCCC2)c(O)c1C=Nc1ccccc1. The molecule has 0 aliphatic heterocycles. The van der Waals surface area contributed by atoms with Gasteiger partial charge in [-0.15, -0.1) is 0 Å². The van der Waals surface area contributed by atoms with E-state index < -0.39 is 0 Å². The smallest absolute Gasteiger partial charge is 0.128 e. The van der Waals surface area contributed by atoms with Crippen LogP contribution in [0, 0.1) is 6.92 Å². The van der Waals surface area contributed by atoms with Gasteiger partial charge < -0.3 is 5.11 Å². The van der Waals surface area contributed by atoms with Gasteiger partial charge in [0.2, 0.25) is 0 Å². The number of benzene rings is 2. The molecule has 1 saturated carbocycles. The maximum absolute atomic E-state index is 11.1. The van der Waals surface area contributed by atoms with E-state index in [1.54, 1.807) is 0 Å². The molecule has 2 aromatic carbocycles. The van der Waals surface area contributed by atoms with Crippen LogP contribution in [-0.2, 0) is 0 Å². The van der Waals surface area contributed by atoms with Gasteiger partial charge in [0.25, 0.3) is 0 Å². The Balaban J connectivity index is 1.80. The molecule has 28 heavy (non-hydrogen) atoms. The van der Waals surface area contributed by atoms with Crippen molar-refractivity contribution in [2.45, 2.75) is 83.5 Å². The van der Waals surface area contributed by atoms with Crippen LogP contribution in [0.3, 0.4) is 0 Å². The molecule has 0 atom stereocenters. The number of aromatic hydroxyl groups is 1. The van der Waals surface area contributed by atoms with Gasteiger partial charge >= 0.3 is 0 Å². The summed E-state index contributed by atoms with van der Waals surface area (Å²) in [7, 11) is 0. The van der Waals surface area contributed by atoms with Gasteiger partial charge in [-0.25, -0.2) is 0 Å². The van der Waals surface area contributed by atoms with Gasteiger partial charge in [0, 0.05) is 11.8 Å². The van der Waals surface area contributed by atoms with Crippen molar-refractivity contribution in [3.63, 3.8) is 0 Å². The van der Waals surface area contributed by atoms with Crippen LogP contribution >= 0.6 is 0 Å². The summed E-state index contributed by atoms with van der Waals surface area (Å²) in [5, 5.41) is 11.1. The fourth-order valence-electron chi connectivity index (χ4n) is 4.35. The molecule has 3 rings (SSSR count). The van der Waals surface area contributed by atoms with Crippen molar-refractivity contribution in [1.82, 2.24) is 0 Å². The van der Waals surface area contributed by atoms with E-state index in [0.29, 0.717) is 11.7 Å². The molecule has 0 bridgehead atoms. The van der Waals surface area contributed by atoms with E-state index in [2.05, 4.69) is 24.0 Å². The highest BCUT2D eigenvalue weighted by molar-refractivity contribution is 5.88. The zero-order valence-corrected chi connectivity index (χ0v) is 17.4. The molecule has 1 fully saturated rings. The van der Waals surface area contributed by atoms with Crippen molar-refractivity contribution in [3.8, 4) is 5.75 Å². The first kappa shape index (κ1) is 20.6. The number of hydrogen-bond donors (Lipinski definition) is 1. The number of aryl methyl sites for hydroxylation is 1. The van der Waals surface area contributed by atoms with Crippen LogP contribution in [-0.4, -0.2) is 11.3 Å². The summed E-state index contributed by atoms with van der Waals surface area (Å²) in [5.41, 5.74) is 3.98. The number of rotatable bonds is 3. The second kappa shape index (κ2) is 11.0. The van der Waals surface area contributed by atoms with E-state index in [0.717, 1.165) is 22.4 Å². The van der Waals surface area contributed by atoms with Crippen LogP contribution in [0.5, 0.6) is 5.75 Å². The van der Waals surface area contributed by atoms with Crippen molar-refractivity contribution < 1.29 is 5.11 Å². The second-order valence-corrected chi connectivity index (χ2v) is 8.28. The molecule has 2 aromatic rings. The molecule has 2 heteroatoms. The molecular weight excluding hydrogens is 342 g/mol. The lowest BCUT2D eigenvalue weighted by Gasteiger charge is -2.21. The molecular formula is C26H35NO. The lowest BCUT2D eigenvalue weighted by Crippen LogP contribution is -2.03. The average Bonchev–Trinajstić information content (AvgIpc) is 2.70. The molecule has 0 aromatic heterocycles. The van der Waals surface area contributed by atoms with Gasteiger partial charge in [-0.2, -0.15) is 0 Å². The fourth-order valence-corrected chi connectivity index (χ4v) is 4.35. The summed E-state index contributed by atoms with van der Waals surface area (Å²) in [6.45, 7) is 2.05. The van der Waals surface area contributed by atoms with E-state index >= 15 is 0 Å². The van der Waals surface area contributed by atoms with E-state index in [-0.39, 0.29) is 0 Å². The van der Waals surface area contributed by atoms with Crippen molar-refractivity contribution >= 4 is 11.9 Å². The first-order chi connectivity index (χ1) is 13.8. The quantitative estimate of drug-likeness (QED) is 0.543. The third-order valence-electron chi connectivity index (χ3n) is 6.11. The molecule has 0 heterocycles. The molecule has 150 valence electrons. The summed E-state index contributed by atoms with van der Waals surface area (Å²) >= 11 is 0. The number of phenolic OH excluding ortho intramolecular Hbond substituents is 1. The molecule has 0 saturated heterocycles. The molecule has 1 aliphatic carbocycles. The van der Waals surface area contributed by atoms with Gasteiger partial charge in [0.05, 0.1) is 5.69 Å². The fraction of sp³-hybridized carbons (Fsp3) is 0.500. The van der Waals surface area contributed by atoms with Gasteiger partial charge in [-0.1, -0.05) is 88.1 Å². The van der Waals surface area contributed by atoms with Crippen LogP contribution in [0.2, 0.25) is 0 Å². The number of para-hydroxylation sites is 1. The Morgan fingerprint density at radius 3 is 1.96 bits per heavy atom. The summed E-state index contributed by atoms with van der Waals surface area (Å²) < 4.78 is 0. The Bertz CT molecular complexity index is 739. The summed E-state index contributed by atoms with van der Waals surface area (Å²) in [5.74, 6) is 0.903. The summed E-state index contributed by atoms with van der Waals surface area (Å²) in [6.07, 6.45) is 16.3. The average molecular weight is 378 g/mol. The van der Waals surface area contributed by atoms with Crippen LogP contribution < -0.4 is 0 Å². The van der Waals surface area contributed by atoms with E-state index in [9.17, 15) is 5.11 Å². The van der Waals surface area contributed by atoms with Crippen molar-refractivity contribution in [1.29, 1.82) is 0 Å². The number of hydrogen-bond acceptors (Lipinski definition) is 2. The molecule has 0 radical (unpaired) electrons. The standard InChI is InChI=1S/C26H35NO/c1-21-18-19-24(22-14-10-7-5-3-2-4-6-8-11-15-22)26(28)25(21)20-27-23-16-12-9-13-17-23/h9,12-13,16-20,22,28H,2-8,10-11,14-15H2,1H3. The van der Waals surface area contributed by atoms with Crippen LogP contribution in [0.4, 0.5) is 5.69 Å². The highest BCUT2D eigenvalue weighted by atomic mass is 16.3. The zero-order valence-electron chi connectivity index (χ0n) is 17.4. The predicted molar refractivity (Wildman–Crippen MR) is 120 cm³/mol. The van der Waals surface area contributed by atoms with E-state index in [1.165, 1.54) is 70.6 Å². The zero-order chi connectivity index (χ0) is 19.6. The van der Waals surface area contributed by atoms with Gasteiger partial charge in [-0.05, 0) is 48.9 Å². The van der Waals surface area contributed by atoms with Crippen molar-refractivity contribution in [3.05, 3.63) is 59.2 Å². The topological polar surface area (TPSA) is 32.6 Å². The largest absolute Gasteiger partial charge is 0.507 e. The van der Waals surface area contributed by atoms with Crippen molar-refractivity contribution in [2.75, 3.05) is 0 Å². The maximum atomic E-state index is 11.1. The summed E-state index contributed by atoms with van der Waals surface area (Å²) in [6, 6.07) is 14.2. The van der Waals surface area contributed by atoms with Crippen molar-refractivity contribution in [2.24, 2.45) is 4.99 Å². The minimum atomic E-state index is 0.441. The van der Waals surface area contributed by atoms with Crippen LogP contribution in [0.15, 0.2) is 47.5 Å². The predicted octanol–water partition coefficient (Wildman–Crippen LogP) is 7.84. The lowest BCUT2D eigenvalue weighted by molar-refractivity contribution is 0.432. The molecule has 0 unspecified atom stereocenters. The highest BCUT2D eigenvalue weighted by Gasteiger charge is 2.18. The van der Waals surface area contributed by atoms with Crippen LogP contribution in [0.1, 0.15) is 93.2 Å². The van der Waals surface area contributed by atoms with E-state index in [1.807, 2.05) is 36.5 Å². The normalized spacial score (nSPS) is 17.9. The Hall–Kier alpha value is -2.09. The third-order valence-corrected chi connectivity index (χ3v) is 6.11. The number of aliphatic imine (C=N–C) groups is 1. The molecule has 0 amide bonds. The molecule has 1 aliphatic rings. The Morgan fingerprint density at radius 2 is 1.36 bits per heavy atom. The molecule has 1 N–H and O–H groups in total. The highest BCUT2D eigenvalue weighted by Crippen LogP contribution is 2.37. The summed E-state index contributed by atoms with van der Waals surface area (Å²) in [4.78, 5) is 4.58. The Morgan fingerprint density at radius 1 is 0.786 bits per heavy atom. The number of phenols is 1. The van der Waals surface area contributed by atoms with Gasteiger partial charge in [0.1, 0.15) is 5.75 Å². The maximum Gasteiger partial charge on any atom is 0.128 e.